The van der Waals surface area contributed by atoms with Gasteiger partial charge in [-0.1, -0.05) is 25.1 Å². The second-order valence-corrected chi connectivity index (χ2v) is 4.63. The van der Waals surface area contributed by atoms with E-state index in [1.165, 1.54) is 15.0 Å². The van der Waals surface area contributed by atoms with E-state index in [0.29, 0.717) is 0 Å². The molecule has 2 rings (SSSR count). The highest BCUT2D eigenvalue weighted by atomic mass is 32.1. The van der Waals surface area contributed by atoms with Gasteiger partial charge in [0.25, 0.3) is 0 Å². The standard InChI is InChI=1S/C12H12OS/c1-8(9(2)13)12-7-10-5-3-4-6-11(10)14-12/h3-8H,1-2H3. The van der Waals surface area contributed by atoms with Crippen molar-refractivity contribution in [3.8, 4) is 0 Å². The maximum Gasteiger partial charge on any atom is 0.137 e. The summed E-state index contributed by atoms with van der Waals surface area (Å²) in [4.78, 5) is 12.4. The van der Waals surface area contributed by atoms with Crippen molar-refractivity contribution in [2.24, 2.45) is 0 Å². The Morgan fingerprint density at radius 1 is 1.36 bits per heavy atom. The normalized spacial score (nSPS) is 13.0. The lowest BCUT2D eigenvalue weighted by atomic mass is 10.1. The van der Waals surface area contributed by atoms with Crippen LogP contribution in [0, 0.1) is 0 Å². The Morgan fingerprint density at radius 3 is 2.71 bits per heavy atom. The van der Waals surface area contributed by atoms with Gasteiger partial charge < -0.3 is 0 Å². The van der Waals surface area contributed by atoms with Crippen molar-refractivity contribution in [1.82, 2.24) is 0 Å². The molecule has 0 bridgehead atoms. The summed E-state index contributed by atoms with van der Waals surface area (Å²) in [6, 6.07) is 10.4. The number of carbonyl (C=O) groups excluding carboxylic acids is 1. The third kappa shape index (κ3) is 1.58. The number of ketones is 1. The van der Waals surface area contributed by atoms with Crippen molar-refractivity contribution in [2.45, 2.75) is 19.8 Å². The zero-order valence-corrected chi connectivity index (χ0v) is 9.10. The first-order valence-electron chi connectivity index (χ1n) is 4.67. The van der Waals surface area contributed by atoms with Crippen LogP contribution in [0.1, 0.15) is 24.6 Å². The van der Waals surface area contributed by atoms with E-state index >= 15 is 0 Å². The molecule has 1 aromatic heterocycles. The maximum atomic E-state index is 11.2. The fraction of sp³-hybridized carbons (Fsp3) is 0.250. The Morgan fingerprint density at radius 2 is 2.07 bits per heavy atom. The molecule has 0 radical (unpaired) electrons. The molecule has 1 aromatic carbocycles. The van der Waals surface area contributed by atoms with Gasteiger partial charge in [-0.2, -0.15) is 0 Å². The molecule has 0 N–H and O–H groups in total. The molecule has 2 aromatic rings. The van der Waals surface area contributed by atoms with Crippen LogP contribution < -0.4 is 0 Å². The first-order chi connectivity index (χ1) is 6.68. The van der Waals surface area contributed by atoms with Gasteiger partial charge in [0, 0.05) is 15.5 Å². The van der Waals surface area contributed by atoms with Crippen LogP contribution in [0.3, 0.4) is 0 Å². The first-order valence-corrected chi connectivity index (χ1v) is 5.49. The third-order valence-electron chi connectivity index (χ3n) is 2.48. The van der Waals surface area contributed by atoms with Crippen LogP contribution in [-0.2, 0) is 4.79 Å². The lowest BCUT2D eigenvalue weighted by Crippen LogP contribution is -2.01. The van der Waals surface area contributed by atoms with Gasteiger partial charge in [0.05, 0.1) is 0 Å². The van der Waals surface area contributed by atoms with Gasteiger partial charge in [0.15, 0.2) is 0 Å². The Kier molecular flexibility index (Phi) is 2.38. The van der Waals surface area contributed by atoms with E-state index in [9.17, 15) is 4.79 Å². The van der Waals surface area contributed by atoms with Gasteiger partial charge in [-0.05, 0) is 24.4 Å². The summed E-state index contributed by atoms with van der Waals surface area (Å²) in [5, 5.41) is 1.24. The number of carbonyl (C=O) groups is 1. The molecule has 0 aliphatic carbocycles. The van der Waals surface area contributed by atoms with Gasteiger partial charge in [0.2, 0.25) is 0 Å². The van der Waals surface area contributed by atoms with Gasteiger partial charge >= 0.3 is 0 Å². The second kappa shape index (κ2) is 3.54. The van der Waals surface area contributed by atoms with Gasteiger partial charge in [0.1, 0.15) is 5.78 Å². The molecule has 1 nitrogen and oxygen atoms in total. The van der Waals surface area contributed by atoms with E-state index in [4.69, 9.17) is 0 Å². The van der Waals surface area contributed by atoms with Crippen LogP contribution in [0.4, 0.5) is 0 Å². The number of hydrogen-bond donors (Lipinski definition) is 0. The summed E-state index contributed by atoms with van der Waals surface area (Å²) in [5.41, 5.74) is 0. The lowest BCUT2D eigenvalue weighted by Gasteiger charge is -2.01. The van der Waals surface area contributed by atoms with E-state index in [1.807, 2.05) is 19.1 Å². The summed E-state index contributed by atoms with van der Waals surface area (Å²) in [6.45, 7) is 3.61. The largest absolute Gasteiger partial charge is 0.299 e. The predicted octanol–water partition coefficient (Wildman–Crippen LogP) is 3.59. The van der Waals surface area contributed by atoms with Crippen molar-refractivity contribution < 1.29 is 4.79 Å². The Hall–Kier alpha value is -1.15. The molecule has 0 saturated heterocycles. The number of fused-ring (bicyclic) bond motifs is 1. The molecular formula is C12H12OS. The average Bonchev–Trinajstić information content (AvgIpc) is 2.59. The van der Waals surface area contributed by atoms with Crippen LogP contribution in [0.15, 0.2) is 30.3 Å². The topological polar surface area (TPSA) is 17.1 Å². The van der Waals surface area contributed by atoms with Gasteiger partial charge in [-0.25, -0.2) is 0 Å². The summed E-state index contributed by atoms with van der Waals surface area (Å²) in [7, 11) is 0. The summed E-state index contributed by atoms with van der Waals surface area (Å²) in [6.07, 6.45) is 0. The number of benzene rings is 1. The van der Waals surface area contributed by atoms with Crippen molar-refractivity contribution in [1.29, 1.82) is 0 Å². The molecule has 0 fully saturated rings. The molecule has 1 atom stereocenters. The van der Waals surface area contributed by atoms with Crippen LogP contribution >= 0.6 is 11.3 Å². The highest BCUT2D eigenvalue weighted by Gasteiger charge is 2.13. The highest BCUT2D eigenvalue weighted by Crippen LogP contribution is 2.30. The van der Waals surface area contributed by atoms with E-state index in [0.717, 1.165) is 0 Å². The summed E-state index contributed by atoms with van der Waals surface area (Å²) >= 11 is 1.71. The van der Waals surface area contributed by atoms with Crippen LogP contribution in [0.5, 0.6) is 0 Å². The van der Waals surface area contributed by atoms with Crippen LogP contribution in [-0.4, -0.2) is 5.78 Å². The summed E-state index contributed by atoms with van der Waals surface area (Å²) < 4.78 is 1.26. The fourth-order valence-corrected chi connectivity index (χ4v) is 2.59. The number of rotatable bonds is 2. The van der Waals surface area contributed by atoms with Gasteiger partial charge in [-0.3, -0.25) is 4.79 Å². The molecule has 14 heavy (non-hydrogen) atoms. The van der Waals surface area contributed by atoms with Crippen molar-refractivity contribution in [3.05, 3.63) is 35.2 Å². The molecule has 0 saturated carbocycles. The predicted molar refractivity (Wildman–Crippen MR) is 60.9 cm³/mol. The zero-order chi connectivity index (χ0) is 10.1. The van der Waals surface area contributed by atoms with Crippen LogP contribution in [0.2, 0.25) is 0 Å². The molecule has 72 valence electrons. The maximum absolute atomic E-state index is 11.2. The minimum absolute atomic E-state index is 0.0346. The second-order valence-electron chi connectivity index (χ2n) is 3.52. The summed E-state index contributed by atoms with van der Waals surface area (Å²) in [5.74, 6) is 0.268. The number of thiophene rings is 1. The minimum Gasteiger partial charge on any atom is -0.299 e. The number of Topliss-reactive ketones (excluding diaryl/α,β-unsaturated/α-hetero) is 1. The monoisotopic (exact) mass is 204 g/mol. The van der Waals surface area contributed by atoms with Crippen LogP contribution in [0.25, 0.3) is 10.1 Å². The molecule has 1 heterocycles. The molecule has 0 aliphatic rings. The average molecular weight is 204 g/mol. The molecule has 0 spiro atoms. The SMILES string of the molecule is CC(=O)C(C)c1cc2ccccc2s1. The third-order valence-corrected chi connectivity index (χ3v) is 3.78. The Balaban J connectivity index is 2.50. The number of hydrogen-bond acceptors (Lipinski definition) is 2. The molecule has 2 heteroatoms. The fourth-order valence-electron chi connectivity index (χ4n) is 1.42. The molecule has 1 unspecified atom stereocenters. The van der Waals surface area contributed by atoms with Gasteiger partial charge in [-0.15, -0.1) is 11.3 Å². The highest BCUT2D eigenvalue weighted by molar-refractivity contribution is 7.19. The molecular weight excluding hydrogens is 192 g/mol. The lowest BCUT2D eigenvalue weighted by molar-refractivity contribution is -0.118. The van der Waals surface area contributed by atoms with Crippen molar-refractivity contribution in [3.63, 3.8) is 0 Å². The zero-order valence-electron chi connectivity index (χ0n) is 8.28. The Bertz CT molecular complexity index is 437. The van der Waals surface area contributed by atoms with Crippen molar-refractivity contribution >= 4 is 27.2 Å². The van der Waals surface area contributed by atoms with Crippen molar-refractivity contribution in [2.75, 3.05) is 0 Å². The van der Waals surface area contributed by atoms with E-state index < -0.39 is 0 Å². The van der Waals surface area contributed by atoms with E-state index in [1.54, 1.807) is 18.3 Å². The van der Waals surface area contributed by atoms with E-state index in [2.05, 4.69) is 18.2 Å². The Labute approximate surface area is 87.4 Å². The quantitative estimate of drug-likeness (QED) is 0.730. The molecule has 0 aliphatic heterocycles. The first kappa shape index (κ1) is 9.41. The smallest absolute Gasteiger partial charge is 0.137 e. The van der Waals surface area contributed by atoms with E-state index in [-0.39, 0.29) is 11.7 Å². The molecule has 0 amide bonds. The minimum atomic E-state index is 0.0346.